The zero-order chi connectivity index (χ0) is 10.0. The monoisotopic (exact) mass is 238 g/mol. The van der Waals surface area contributed by atoms with Gasteiger partial charge in [0.1, 0.15) is 4.84 Å². The minimum Gasteiger partial charge on any atom is -0.478 e. The average molecular weight is 239 g/mol. The Morgan fingerprint density at radius 3 is 2.38 bits per heavy atom. The van der Waals surface area contributed by atoms with Crippen molar-refractivity contribution in [3.63, 3.8) is 0 Å². The van der Waals surface area contributed by atoms with E-state index in [4.69, 9.17) is 39.9 Å². The molecule has 0 aliphatic rings. The molecule has 0 saturated heterocycles. The number of aromatic carboxylic acids is 1. The number of carboxylic acids is 1. The highest BCUT2D eigenvalue weighted by molar-refractivity contribution is 6.45. The van der Waals surface area contributed by atoms with Crippen LogP contribution in [0.3, 0.4) is 0 Å². The van der Waals surface area contributed by atoms with E-state index in [1.807, 2.05) is 0 Å². The predicted molar refractivity (Wildman–Crippen MR) is 52.9 cm³/mol. The van der Waals surface area contributed by atoms with Crippen LogP contribution in [-0.2, 0) is 0 Å². The van der Waals surface area contributed by atoms with Crippen molar-refractivity contribution in [3.05, 3.63) is 34.3 Å². The SMILES string of the molecule is O=C(O)c1ccc(C(Cl)Cl)c(Cl)c1. The summed E-state index contributed by atoms with van der Waals surface area (Å²) in [5.41, 5.74) is 0.623. The summed E-state index contributed by atoms with van der Waals surface area (Å²) in [6.07, 6.45) is 0. The van der Waals surface area contributed by atoms with Crippen molar-refractivity contribution in [1.82, 2.24) is 0 Å². The zero-order valence-electron chi connectivity index (χ0n) is 6.30. The van der Waals surface area contributed by atoms with Gasteiger partial charge in [-0.05, 0) is 12.1 Å². The Bertz CT molecular complexity index is 336. The first-order chi connectivity index (χ1) is 6.02. The van der Waals surface area contributed by atoms with Crippen LogP contribution in [0.15, 0.2) is 18.2 Å². The third-order valence-corrected chi connectivity index (χ3v) is 2.28. The van der Waals surface area contributed by atoms with Crippen LogP contribution >= 0.6 is 34.8 Å². The van der Waals surface area contributed by atoms with Gasteiger partial charge in [-0.1, -0.05) is 17.7 Å². The summed E-state index contributed by atoms with van der Waals surface area (Å²) in [5, 5.41) is 8.87. The van der Waals surface area contributed by atoms with Crippen LogP contribution < -0.4 is 0 Å². The second-order valence-corrected chi connectivity index (χ2v) is 3.85. The third-order valence-electron chi connectivity index (χ3n) is 1.48. The summed E-state index contributed by atoms with van der Waals surface area (Å²) in [6.45, 7) is 0. The van der Waals surface area contributed by atoms with Gasteiger partial charge >= 0.3 is 5.97 Å². The van der Waals surface area contributed by atoms with Crippen molar-refractivity contribution in [2.45, 2.75) is 4.84 Å². The van der Waals surface area contributed by atoms with Crippen molar-refractivity contribution in [2.24, 2.45) is 0 Å². The van der Waals surface area contributed by atoms with Gasteiger partial charge in [0.25, 0.3) is 0 Å². The molecule has 1 rings (SSSR count). The topological polar surface area (TPSA) is 37.3 Å². The normalized spacial score (nSPS) is 10.5. The van der Waals surface area contributed by atoms with E-state index in [1.54, 1.807) is 0 Å². The lowest BCUT2D eigenvalue weighted by atomic mass is 10.1. The van der Waals surface area contributed by atoms with Gasteiger partial charge in [0.15, 0.2) is 0 Å². The van der Waals surface area contributed by atoms with Gasteiger partial charge in [-0.3, -0.25) is 0 Å². The van der Waals surface area contributed by atoms with Crippen LogP contribution in [0, 0.1) is 0 Å². The Balaban J connectivity index is 3.13. The predicted octanol–water partition coefficient (Wildman–Crippen LogP) is 3.51. The van der Waals surface area contributed by atoms with Gasteiger partial charge in [-0.25, -0.2) is 4.79 Å². The Kier molecular flexibility index (Phi) is 3.42. The van der Waals surface area contributed by atoms with Crippen molar-refractivity contribution >= 4 is 40.8 Å². The van der Waals surface area contributed by atoms with Crippen LogP contribution in [0.1, 0.15) is 20.8 Å². The summed E-state index contributed by atoms with van der Waals surface area (Å²) < 4.78 is 0. The molecular weight excluding hydrogens is 234 g/mol. The Morgan fingerprint density at radius 1 is 1.38 bits per heavy atom. The Labute approximate surface area is 90.0 Å². The maximum atomic E-state index is 10.5. The fourth-order valence-electron chi connectivity index (χ4n) is 0.837. The summed E-state index contributed by atoms with van der Waals surface area (Å²) in [5.74, 6) is -1.03. The first-order valence-electron chi connectivity index (χ1n) is 3.33. The lowest BCUT2D eigenvalue weighted by molar-refractivity contribution is 0.0697. The molecule has 0 amide bonds. The maximum Gasteiger partial charge on any atom is 0.335 e. The fraction of sp³-hybridized carbons (Fsp3) is 0.125. The van der Waals surface area contributed by atoms with E-state index >= 15 is 0 Å². The molecule has 0 aromatic heterocycles. The largest absolute Gasteiger partial charge is 0.478 e. The number of carbonyl (C=O) groups is 1. The number of halogens is 3. The Hall–Kier alpha value is -0.440. The first kappa shape index (κ1) is 10.6. The zero-order valence-corrected chi connectivity index (χ0v) is 8.57. The van der Waals surface area contributed by atoms with Gasteiger partial charge in [-0.15, -0.1) is 23.2 Å². The molecule has 0 aliphatic heterocycles. The summed E-state index contributed by atoms with van der Waals surface area (Å²) in [4.78, 5) is 9.77. The molecule has 70 valence electrons. The molecule has 5 heteroatoms. The quantitative estimate of drug-likeness (QED) is 0.802. The standard InChI is InChI=1S/C8H5Cl3O2/c9-6-3-4(8(12)13)1-2-5(6)7(10)11/h1-3,7H,(H,12,13). The lowest BCUT2D eigenvalue weighted by Crippen LogP contribution is -1.96. The molecular formula is C8H5Cl3O2. The van der Waals surface area contributed by atoms with Crippen molar-refractivity contribution in [2.75, 3.05) is 0 Å². The summed E-state index contributed by atoms with van der Waals surface area (Å²) in [6, 6.07) is 4.22. The molecule has 0 bridgehead atoms. The molecule has 1 aromatic carbocycles. The minimum absolute atomic E-state index is 0.114. The molecule has 1 N–H and O–H groups in total. The summed E-state index contributed by atoms with van der Waals surface area (Å²) in [7, 11) is 0. The van der Waals surface area contributed by atoms with Crippen molar-refractivity contribution < 1.29 is 9.90 Å². The van der Waals surface area contributed by atoms with Crippen LogP contribution in [0.4, 0.5) is 0 Å². The number of hydrogen-bond donors (Lipinski definition) is 1. The summed E-state index contributed by atoms with van der Waals surface area (Å²) >= 11 is 16.9. The molecule has 13 heavy (non-hydrogen) atoms. The van der Waals surface area contributed by atoms with Crippen LogP contribution in [0.2, 0.25) is 5.02 Å². The van der Waals surface area contributed by atoms with Gasteiger partial charge < -0.3 is 5.11 Å². The molecule has 0 spiro atoms. The minimum atomic E-state index is -1.03. The molecule has 0 saturated carbocycles. The van der Waals surface area contributed by atoms with E-state index in [2.05, 4.69) is 0 Å². The molecule has 0 radical (unpaired) electrons. The van der Waals surface area contributed by atoms with Crippen LogP contribution in [-0.4, -0.2) is 11.1 Å². The highest BCUT2D eigenvalue weighted by atomic mass is 35.5. The number of alkyl halides is 2. The highest BCUT2D eigenvalue weighted by Crippen LogP contribution is 2.31. The van der Waals surface area contributed by atoms with E-state index in [9.17, 15) is 4.79 Å². The molecule has 0 heterocycles. The van der Waals surface area contributed by atoms with E-state index in [0.717, 1.165) is 0 Å². The average Bonchev–Trinajstić information content (AvgIpc) is 2.03. The molecule has 0 atom stereocenters. The van der Waals surface area contributed by atoms with Crippen molar-refractivity contribution in [3.8, 4) is 0 Å². The van der Waals surface area contributed by atoms with E-state index in [-0.39, 0.29) is 10.6 Å². The molecule has 0 fully saturated rings. The third kappa shape index (κ3) is 2.50. The molecule has 1 aromatic rings. The highest BCUT2D eigenvalue weighted by Gasteiger charge is 2.11. The molecule has 0 unspecified atom stereocenters. The smallest absolute Gasteiger partial charge is 0.335 e. The van der Waals surface area contributed by atoms with E-state index in [0.29, 0.717) is 5.56 Å². The van der Waals surface area contributed by atoms with Gasteiger partial charge in [0, 0.05) is 10.6 Å². The fourth-order valence-corrected chi connectivity index (χ4v) is 1.62. The number of rotatable bonds is 2. The number of hydrogen-bond acceptors (Lipinski definition) is 1. The second kappa shape index (κ2) is 4.18. The lowest BCUT2D eigenvalue weighted by Gasteiger charge is -2.04. The second-order valence-electron chi connectivity index (χ2n) is 2.34. The van der Waals surface area contributed by atoms with Crippen LogP contribution in [0.5, 0.6) is 0 Å². The Morgan fingerprint density at radius 2 is 2.00 bits per heavy atom. The van der Waals surface area contributed by atoms with E-state index < -0.39 is 10.8 Å². The van der Waals surface area contributed by atoms with Crippen LogP contribution in [0.25, 0.3) is 0 Å². The van der Waals surface area contributed by atoms with E-state index in [1.165, 1.54) is 18.2 Å². The maximum absolute atomic E-state index is 10.5. The number of benzene rings is 1. The number of carboxylic acid groups (broad SMARTS) is 1. The molecule has 2 nitrogen and oxygen atoms in total. The van der Waals surface area contributed by atoms with Crippen molar-refractivity contribution in [1.29, 1.82) is 0 Å². The first-order valence-corrected chi connectivity index (χ1v) is 4.58. The van der Waals surface area contributed by atoms with Gasteiger partial charge in [0.05, 0.1) is 5.56 Å². The van der Waals surface area contributed by atoms with Gasteiger partial charge in [0.2, 0.25) is 0 Å². The van der Waals surface area contributed by atoms with Gasteiger partial charge in [-0.2, -0.15) is 0 Å². The molecule has 0 aliphatic carbocycles.